The molecule has 1 unspecified atom stereocenters. The minimum Gasteiger partial charge on any atom is -0.330 e. The highest BCUT2D eigenvalue weighted by Gasteiger charge is 2.02. The van der Waals surface area contributed by atoms with Gasteiger partial charge in [-0.05, 0) is 52.9 Å². The summed E-state index contributed by atoms with van der Waals surface area (Å²) in [6.45, 7) is 2.98. The van der Waals surface area contributed by atoms with Crippen LogP contribution in [-0.4, -0.2) is 11.5 Å². The number of hydrogen-bond donors (Lipinski definition) is 1. The van der Waals surface area contributed by atoms with Crippen molar-refractivity contribution in [2.75, 3.05) is 6.54 Å². The van der Waals surface area contributed by atoms with Gasteiger partial charge in [-0.15, -0.1) is 0 Å². The normalized spacial score (nSPS) is 12.8. The highest BCUT2D eigenvalue weighted by molar-refractivity contribution is 9.10. The van der Waals surface area contributed by atoms with Crippen LogP contribution in [0.2, 0.25) is 0 Å². The second kappa shape index (κ2) is 5.35. The highest BCUT2D eigenvalue weighted by atomic mass is 79.9. The fourth-order valence-electron chi connectivity index (χ4n) is 1.36. The SMILES string of the molecule is CC(CCN)Cc1cncc(Br)c1. The van der Waals surface area contributed by atoms with Gasteiger partial charge in [0.15, 0.2) is 0 Å². The first-order chi connectivity index (χ1) is 6.22. The molecule has 0 aliphatic carbocycles. The topological polar surface area (TPSA) is 38.9 Å². The number of hydrogen-bond acceptors (Lipinski definition) is 2. The van der Waals surface area contributed by atoms with Crippen molar-refractivity contribution < 1.29 is 0 Å². The van der Waals surface area contributed by atoms with Crippen LogP contribution in [0.5, 0.6) is 0 Å². The van der Waals surface area contributed by atoms with Gasteiger partial charge in [0.05, 0.1) is 0 Å². The van der Waals surface area contributed by atoms with Gasteiger partial charge in [0.2, 0.25) is 0 Å². The van der Waals surface area contributed by atoms with E-state index in [2.05, 4.69) is 33.9 Å². The molecular weight excluding hydrogens is 228 g/mol. The second-order valence-electron chi connectivity index (χ2n) is 3.40. The van der Waals surface area contributed by atoms with Crippen LogP contribution in [0.25, 0.3) is 0 Å². The van der Waals surface area contributed by atoms with E-state index in [1.165, 1.54) is 5.56 Å². The van der Waals surface area contributed by atoms with E-state index in [9.17, 15) is 0 Å². The Morgan fingerprint density at radius 2 is 2.31 bits per heavy atom. The molecule has 1 heterocycles. The quantitative estimate of drug-likeness (QED) is 0.881. The second-order valence-corrected chi connectivity index (χ2v) is 4.31. The van der Waals surface area contributed by atoms with Crippen molar-refractivity contribution in [3.63, 3.8) is 0 Å². The molecule has 0 aromatic carbocycles. The average molecular weight is 243 g/mol. The van der Waals surface area contributed by atoms with E-state index in [1.54, 1.807) is 6.20 Å². The summed E-state index contributed by atoms with van der Waals surface area (Å²) in [6, 6.07) is 2.11. The summed E-state index contributed by atoms with van der Waals surface area (Å²) < 4.78 is 1.05. The lowest BCUT2D eigenvalue weighted by atomic mass is 9.99. The molecule has 0 amide bonds. The van der Waals surface area contributed by atoms with Crippen molar-refractivity contribution in [2.24, 2.45) is 11.7 Å². The summed E-state index contributed by atoms with van der Waals surface area (Å²) >= 11 is 3.40. The van der Waals surface area contributed by atoms with Crippen molar-refractivity contribution in [3.05, 3.63) is 28.5 Å². The zero-order chi connectivity index (χ0) is 9.68. The number of halogens is 1. The van der Waals surface area contributed by atoms with Crippen molar-refractivity contribution in [2.45, 2.75) is 19.8 Å². The number of aromatic nitrogens is 1. The molecule has 0 radical (unpaired) electrons. The predicted octanol–water partition coefficient (Wildman–Crippen LogP) is 2.37. The zero-order valence-electron chi connectivity index (χ0n) is 7.83. The van der Waals surface area contributed by atoms with Gasteiger partial charge in [-0.3, -0.25) is 4.98 Å². The monoisotopic (exact) mass is 242 g/mol. The number of nitrogens with zero attached hydrogens (tertiary/aromatic N) is 1. The molecule has 1 aromatic rings. The van der Waals surface area contributed by atoms with E-state index in [1.807, 2.05) is 6.20 Å². The van der Waals surface area contributed by atoms with Gasteiger partial charge in [0.1, 0.15) is 0 Å². The molecule has 1 atom stereocenters. The number of rotatable bonds is 4. The fraction of sp³-hybridized carbons (Fsp3) is 0.500. The van der Waals surface area contributed by atoms with Crippen LogP contribution in [0, 0.1) is 5.92 Å². The Labute approximate surface area is 87.7 Å². The summed E-state index contributed by atoms with van der Waals surface area (Å²) in [5, 5.41) is 0. The van der Waals surface area contributed by atoms with Crippen LogP contribution >= 0.6 is 15.9 Å². The molecular formula is C10H15BrN2. The Hall–Kier alpha value is -0.410. The minimum absolute atomic E-state index is 0.640. The molecule has 0 saturated heterocycles. The van der Waals surface area contributed by atoms with Gasteiger partial charge >= 0.3 is 0 Å². The van der Waals surface area contributed by atoms with Gasteiger partial charge in [0.25, 0.3) is 0 Å². The molecule has 1 rings (SSSR count). The van der Waals surface area contributed by atoms with Crippen LogP contribution < -0.4 is 5.73 Å². The summed E-state index contributed by atoms with van der Waals surface area (Å²) in [4.78, 5) is 4.12. The van der Waals surface area contributed by atoms with E-state index in [4.69, 9.17) is 5.73 Å². The summed E-state index contributed by atoms with van der Waals surface area (Å²) in [6.07, 6.45) is 5.85. The van der Waals surface area contributed by atoms with E-state index in [-0.39, 0.29) is 0 Å². The zero-order valence-corrected chi connectivity index (χ0v) is 9.42. The van der Waals surface area contributed by atoms with Crippen LogP contribution in [0.3, 0.4) is 0 Å². The van der Waals surface area contributed by atoms with Crippen LogP contribution in [-0.2, 0) is 6.42 Å². The summed E-state index contributed by atoms with van der Waals surface area (Å²) in [5.41, 5.74) is 6.76. The smallest absolute Gasteiger partial charge is 0.0410 e. The lowest BCUT2D eigenvalue weighted by Gasteiger charge is -2.09. The lowest BCUT2D eigenvalue weighted by molar-refractivity contribution is 0.537. The number of pyridine rings is 1. The van der Waals surface area contributed by atoms with Gasteiger partial charge in [0, 0.05) is 16.9 Å². The maximum atomic E-state index is 5.49. The highest BCUT2D eigenvalue weighted by Crippen LogP contribution is 2.14. The van der Waals surface area contributed by atoms with Gasteiger partial charge in [-0.1, -0.05) is 6.92 Å². The molecule has 2 N–H and O–H groups in total. The maximum Gasteiger partial charge on any atom is 0.0410 e. The maximum absolute atomic E-state index is 5.49. The van der Waals surface area contributed by atoms with Crippen LogP contribution in [0.4, 0.5) is 0 Å². The van der Waals surface area contributed by atoms with E-state index < -0.39 is 0 Å². The predicted molar refractivity (Wildman–Crippen MR) is 58.5 cm³/mol. The summed E-state index contributed by atoms with van der Waals surface area (Å²) in [5.74, 6) is 0.640. The van der Waals surface area contributed by atoms with Gasteiger partial charge in [-0.25, -0.2) is 0 Å². The molecule has 0 bridgehead atoms. The first-order valence-electron chi connectivity index (χ1n) is 4.52. The Balaban J connectivity index is 2.53. The third-order valence-corrected chi connectivity index (χ3v) is 2.44. The largest absolute Gasteiger partial charge is 0.330 e. The van der Waals surface area contributed by atoms with Crippen molar-refractivity contribution in [1.29, 1.82) is 0 Å². The molecule has 2 nitrogen and oxygen atoms in total. The summed E-state index contributed by atoms with van der Waals surface area (Å²) in [7, 11) is 0. The Bertz CT molecular complexity index is 263. The molecule has 0 fully saturated rings. The van der Waals surface area contributed by atoms with E-state index in [0.717, 1.165) is 23.9 Å². The molecule has 0 spiro atoms. The van der Waals surface area contributed by atoms with Crippen molar-refractivity contribution >= 4 is 15.9 Å². The van der Waals surface area contributed by atoms with Gasteiger partial charge < -0.3 is 5.73 Å². The average Bonchev–Trinajstić information content (AvgIpc) is 2.04. The number of nitrogens with two attached hydrogens (primary N) is 1. The van der Waals surface area contributed by atoms with E-state index in [0.29, 0.717) is 5.92 Å². The molecule has 0 aliphatic rings. The molecule has 0 aliphatic heterocycles. The first kappa shape index (κ1) is 10.7. The Kier molecular flexibility index (Phi) is 4.39. The van der Waals surface area contributed by atoms with Crippen LogP contribution in [0.15, 0.2) is 22.9 Å². The lowest BCUT2D eigenvalue weighted by Crippen LogP contribution is -2.08. The molecule has 0 saturated carbocycles. The molecule has 1 aromatic heterocycles. The minimum atomic E-state index is 0.640. The Morgan fingerprint density at radius 1 is 1.54 bits per heavy atom. The molecule has 3 heteroatoms. The molecule has 72 valence electrons. The van der Waals surface area contributed by atoms with Gasteiger partial charge in [-0.2, -0.15) is 0 Å². The third-order valence-electron chi connectivity index (χ3n) is 2.01. The third kappa shape index (κ3) is 3.87. The van der Waals surface area contributed by atoms with Crippen LogP contribution in [0.1, 0.15) is 18.9 Å². The van der Waals surface area contributed by atoms with Crippen molar-refractivity contribution in [3.8, 4) is 0 Å². The molecule has 13 heavy (non-hydrogen) atoms. The van der Waals surface area contributed by atoms with E-state index >= 15 is 0 Å². The standard InChI is InChI=1S/C10H15BrN2/c1-8(2-3-12)4-9-5-10(11)7-13-6-9/h5-8H,2-4,12H2,1H3. The fourth-order valence-corrected chi connectivity index (χ4v) is 1.77. The Morgan fingerprint density at radius 3 is 2.92 bits per heavy atom. The first-order valence-corrected chi connectivity index (χ1v) is 5.31. The van der Waals surface area contributed by atoms with Crippen molar-refractivity contribution in [1.82, 2.24) is 4.98 Å².